The molecule has 3 rings (SSSR count). The lowest BCUT2D eigenvalue weighted by Crippen LogP contribution is -2.13. The fourth-order valence-corrected chi connectivity index (χ4v) is 2.90. The smallest absolute Gasteiger partial charge is 0.0476 e. The Morgan fingerprint density at radius 2 is 2.00 bits per heavy atom. The second-order valence-electron chi connectivity index (χ2n) is 4.77. The molecule has 1 aliphatic heterocycles. The quantitative estimate of drug-likeness (QED) is 0.720. The van der Waals surface area contributed by atoms with Crippen molar-refractivity contribution in [1.82, 2.24) is 0 Å². The molecule has 0 fully saturated rings. The molecule has 2 aromatic rings. The Morgan fingerprint density at radius 3 is 2.78 bits per heavy atom. The maximum absolute atomic E-state index is 5.91. The number of rotatable bonds is 2. The number of hydrogen-bond acceptors (Lipinski definition) is 1. The SMILES string of the molecule is Cc1cc(N2CCc3ccccc32)ccc1CCl. The molecule has 0 spiro atoms. The van der Waals surface area contributed by atoms with Crippen LogP contribution in [0.1, 0.15) is 16.7 Å². The molecular formula is C16H16ClN. The number of aryl methyl sites for hydroxylation is 1. The third-order valence-electron chi connectivity index (χ3n) is 3.67. The monoisotopic (exact) mass is 257 g/mol. The summed E-state index contributed by atoms with van der Waals surface area (Å²) >= 11 is 5.91. The number of anilines is 2. The third kappa shape index (κ3) is 1.89. The van der Waals surface area contributed by atoms with Gasteiger partial charge in [-0.25, -0.2) is 0 Å². The standard InChI is InChI=1S/C16H16ClN/c1-12-10-15(7-6-14(12)11-17)18-9-8-13-4-2-3-5-16(13)18/h2-7,10H,8-9,11H2,1H3. The molecule has 92 valence electrons. The van der Waals surface area contributed by atoms with Crippen LogP contribution in [-0.4, -0.2) is 6.54 Å². The number of para-hydroxylation sites is 1. The summed E-state index contributed by atoms with van der Waals surface area (Å²) in [6.07, 6.45) is 1.13. The fraction of sp³-hybridized carbons (Fsp3) is 0.250. The van der Waals surface area contributed by atoms with Gasteiger partial charge < -0.3 is 4.90 Å². The molecule has 18 heavy (non-hydrogen) atoms. The van der Waals surface area contributed by atoms with Gasteiger partial charge in [0.1, 0.15) is 0 Å². The fourth-order valence-electron chi connectivity index (χ4n) is 2.60. The first-order valence-corrected chi connectivity index (χ1v) is 6.84. The van der Waals surface area contributed by atoms with Crippen LogP contribution in [0.25, 0.3) is 0 Å². The van der Waals surface area contributed by atoms with Gasteiger partial charge in [-0.2, -0.15) is 0 Å². The Balaban J connectivity index is 2.00. The summed E-state index contributed by atoms with van der Waals surface area (Å²) in [6.45, 7) is 3.20. The summed E-state index contributed by atoms with van der Waals surface area (Å²) in [5.41, 5.74) is 6.54. The van der Waals surface area contributed by atoms with E-state index in [9.17, 15) is 0 Å². The molecule has 1 aliphatic rings. The molecule has 2 aromatic carbocycles. The average Bonchev–Trinajstić information content (AvgIpc) is 2.82. The minimum Gasteiger partial charge on any atom is -0.341 e. The van der Waals surface area contributed by atoms with E-state index in [1.807, 2.05) is 0 Å². The second kappa shape index (κ2) is 4.66. The van der Waals surface area contributed by atoms with Crippen molar-refractivity contribution in [3.05, 3.63) is 59.2 Å². The van der Waals surface area contributed by atoms with Gasteiger partial charge in [0, 0.05) is 23.8 Å². The van der Waals surface area contributed by atoms with E-state index < -0.39 is 0 Å². The van der Waals surface area contributed by atoms with Gasteiger partial charge in [-0.15, -0.1) is 11.6 Å². The molecule has 0 saturated carbocycles. The lowest BCUT2D eigenvalue weighted by atomic mass is 10.1. The Bertz CT molecular complexity index is 577. The van der Waals surface area contributed by atoms with Gasteiger partial charge in [0.05, 0.1) is 0 Å². The highest BCUT2D eigenvalue weighted by Gasteiger charge is 2.19. The Kier molecular flexibility index (Phi) is 3.00. The molecule has 0 bridgehead atoms. The minimum absolute atomic E-state index is 0.586. The summed E-state index contributed by atoms with van der Waals surface area (Å²) in [6, 6.07) is 15.2. The van der Waals surface area contributed by atoms with E-state index in [-0.39, 0.29) is 0 Å². The molecule has 1 nitrogen and oxygen atoms in total. The van der Waals surface area contributed by atoms with Crippen molar-refractivity contribution in [2.24, 2.45) is 0 Å². The highest BCUT2D eigenvalue weighted by molar-refractivity contribution is 6.17. The summed E-state index contributed by atoms with van der Waals surface area (Å²) < 4.78 is 0. The first-order chi connectivity index (χ1) is 8.79. The number of alkyl halides is 1. The summed E-state index contributed by atoms with van der Waals surface area (Å²) in [5.74, 6) is 0.586. The van der Waals surface area contributed by atoms with Gasteiger partial charge in [0.25, 0.3) is 0 Å². The zero-order chi connectivity index (χ0) is 12.5. The highest BCUT2D eigenvalue weighted by atomic mass is 35.5. The predicted octanol–water partition coefficient (Wildman–Crippen LogP) is 4.43. The van der Waals surface area contributed by atoms with Crippen LogP contribution < -0.4 is 4.90 Å². The summed E-state index contributed by atoms with van der Waals surface area (Å²) in [5, 5.41) is 0. The molecule has 0 aromatic heterocycles. The van der Waals surface area contributed by atoms with Crippen LogP contribution in [0.5, 0.6) is 0 Å². The van der Waals surface area contributed by atoms with Crippen molar-refractivity contribution >= 4 is 23.0 Å². The van der Waals surface area contributed by atoms with Crippen molar-refractivity contribution in [1.29, 1.82) is 0 Å². The number of hydrogen-bond donors (Lipinski definition) is 0. The van der Waals surface area contributed by atoms with Crippen molar-refractivity contribution in [2.75, 3.05) is 11.4 Å². The lowest BCUT2D eigenvalue weighted by Gasteiger charge is -2.20. The van der Waals surface area contributed by atoms with Crippen LogP contribution in [-0.2, 0) is 12.3 Å². The topological polar surface area (TPSA) is 3.24 Å². The first-order valence-electron chi connectivity index (χ1n) is 6.30. The van der Waals surface area contributed by atoms with Crippen LogP contribution in [0.3, 0.4) is 0 Å². The normalized spacial score (nSPS) is 13.8. The molecule has 0 aliphatic carbocycles. The largest absolute Gasteiger partial charge is 0.341 e. The highest BCUT2D eigenvalue weighted by Crippen LogP contribution is 2.34. The average molecular weight is 258 g/mol. The molecular weight excluding hydrogens is 242 g/mol. The molecule has 0 amide bonds. The number of fused-ring (bicyclic) bond motifs is 1. The predicted molar refractivity (Wildman–Crippen MR) is 77.9 cm³/mol. The minimum atomic E-state index is 0.586. The summed E-state index contributed by atoms with van der Waals surface area (Å²) in [7, 11) is 0. The maximum atomic E-state index is 5.91. The van der Waals surface area contributed by atoms with Crippen LogP contribution in [0.4, 0.5) is 11.4 Å². The van der Waals surface area contributed by atoms with Gasteiger partial charge in [0.15, 0.2) is 0 Å². The van der Waals surface area contributed by atoms with Gasteiger partial charge in [0.2, 0.25) is 0 Å². The van der Waals surface area contributed by atoms with E-state index in [0.717, 1.165) is 13.0 Å². The zero-order valence-electron chi connectivity index (χ0n) is 10.5. The van der Waals surface area contributed by atoms with Gasteiger partial charge in [-0.3, -0.25) is 0 Å². The maximum Gasteiger partial charge on any atom is 0.0476 e. The molecule has 0 saturated heterocycles. The van der Waals surface area contributed by atoms with E-state index in [4.69, 9.17) is 11.6 Å². The van der Waals surface area contributed by atoms with E-state index in [2.05, 4.69) is 54.3 Å². The van der Waals surface area contributed by atoms with E-state index in [1.54, 1.807) is 0 Å². The molecule has 1 heterocycles. The zero-order valence-corrected chi connectivity index (χ0v) is 11.2. The molecule has 0 N–H and O–H groups in total. The van der Waals surface area contributed by atoms with Crippen LogP contribution in [0.15, 0.2) is 42.5 Å². The molecule has 0 unspecified atom stereocenters. The van der Waals surface area contributed by atoms with Gasteiger partial charge in [-0.1, -0.05) is 24.3 Å². The molecule has 0 radical (unpaired) electrons. The van der Waals surface area contributed by atoms with Crippen molar-refractivity contribution in [2.45, 2.75) is 19.2 Å². The van der Waals surface area contributed by atoms with Crippen LogP contribution in [0, 0.1) is 6.92 Å². The number of nitrogens with zero attached hydrogens (tertiary/aromatic N) is 1. The van der Waals surface area contributed by atoms with Crippen molar-refractivity contribution in [3.8, 4) is 0 Å². The molecule has 0 atom stereocenters. The number of benzene rings is 2. The van der Waals surface area contributed by atoms with E-state index in [0.29, 0.717) is 5.88 Å². The van der Waals surface area contributed by atoms with Crippen molar-refractivity contribution in [3.63, 3.8) is 0 Å². The first kappa shape index (κ1) is 11.6. The van der Waals surface area contributed by atoms with E-state index >= 15 is 0 Å². The second-order valence-corrected chi connectivity index (χ2v) is 5.04. The van der Waals surface area contributed by atoms with Gasteiger partial charge >= 0.3 is 0 Å². The van der Waals surface area contributed by atoms with Crippen LogP contribution >= 0.6 is 11.6 Å². The lowest BCUT2D eigenvalue weighted by molar-refractivity contribution is 0.996. The Labute approximate surface area is 113 Å². The summed E-state index contributed by atoms with van der Waals surface area (Å²) in [4.78, 5) is 2.39. The molecule has 2 heteroatoms. The number of halogens is 1. The Hall–Kier alpha value is -1.47. The van der Waals surface area contributed by atoms with Crippen LogP contribution in [0.2, 0.25) is 0 Å². The third-order valence-corrected chi connectivity index (χ3v) is 3.96. The Morgan fingerprint density at radius 1 is 1.17 bits per heavy atom. The van der Waals surface area contributed by atoms with Gasteiger partial charge in [-0.05, 0) is 48.2 Å². The van der Waals surface area contributed by atoms with Crippen molar-refractivity contribution < 1.29 is 0 Å². The van der Waals surface area contributed by atoms with E-state index in [1.165, 1.54) is 28.1 Å².